The van der Waals surface area contributed by atoms with Crippen LogP contribution in [0.1, 0.15) is 13.3 Å². The van der Waals surface area contributed by atoms with Gasteiger partial charge in [0.15, 0.2) is 0 Å². The molecule has 6 heteroatoms. The fraction of sp³-hybridized carbons (Fsp3) is 0.308. The molecule has 1 heterocycles. The van der Waals surface area contributed by atoms with E-state index in [-0.39, 0.29) is 11.7 Å². The van der Waals surface area contributed by atoms with Crippen LogP contribution in [-0.2, 0) is 0 Å². The maximum Gasteiger partial charge on any atom is 0.270 e. The Balaban J connectivity index is 2.17. The van der Waals surface area contributed by atoms with Gasteiger partial charge in [-0.1, -0.05) is 0 Å². The van der Waals surface area contributed by atoms with Crippen LogP contribution >= 0.6 is 0 Å². The van der Waals surface area contributed by atoms with Crippen LogP contribution in [0, 0.1) is 10.1 Å². The van der Waals surface area contributed by atoms with Crippen molar-refractivity contribution in [3.63, 3.8) is 0 Å². The standard InChI is InChI=1S/C13H16N4O2/c1-9(14)6-7-15-13-5-2-10-8-11(17(18)19)3-4-12(10)16-13/h2-5,8-9H,6-7,14H2,1H3,(H,15,16). The van der Waals surface area contributed by atoms with Gasteiger partial charge in [-0.15, -0.1) is 0 Å². The van der Waals surface area contributed by atoms with Gasteiger partial charge in [-0.05, 0) is 31.5 Å². The van der Waals surface area contributed by atoms with Gasteiger partial charge in [-0.2, -0.15) is 0 Å². The van der Waals surface area contributed by atoms with E-state index in [4.69, 9.17) is 5.73 Å². The first kappa shape index (κ1) is 13.2. The molecule has 0 fully saturated rings. The Bertz CT molecular complexity index is 598. The quantitative estimate of drug-likeness (QED) is 0.635. The molecule has 0 spiro atoms. The number of nitro groups is 1. The molecule has 0 aliphatic heterocycles. The van der Waals surface area contributed by atoms with Crippen molar-refractivity contribution < 1.29 is 4.92 Å². The van der Waals surface area contributed by atoms with Gasteiger partial charge in [-0.25, -0.2) is 4.98 Å². The summed E-state index contributed by atoms with van der Waals surface area (Å²) in [6.07, 6.45) is 0.861. The van der Waals surface area contributed by atoms with E-state index in [1.54, 1.807) is 6.07 Å². The Morgan fingerprint density at radius 1 is 1.42 bits per heavy atom. The number of non-ortho nitro benzene ring substituents is 1. The van der Waals surface area contributed by atoms with Crippen molar-refractivity contribution in [2.45, 2.75) is 19.4 Å². The van der Waals surface area contributed by atoms with E-state index in [0.29, 0.717) is 0 Å². The molecule has 0 amide bonds. The third-order valence-electron chi connectivity index (χ3n) is 2.79. The third kappa shape index (κ3) is 3.38. The molecule has 19 heavy (non-hydrogen) atoms. The number of rotatable bonds is 5. The van der Waals surface area contributed by atoms with Gasteiger partial charge in [0.25, 0.3) is 5.69 Å². The first-order valence-electron chi connectivity index (χ1n) is 6.11. The Hall–Kier alpha value is -2.21. The van der Waals surface area contributed by atoms with E-state index in [1.807, 2.05) is 19.1 Å². The van der Waals surface area contributed by atoms with Crippen LogP contribution in [0.2, 0.25) is 0 Å². The van der Waals surface area contributed by atoms with Crippen molar-refractivity contribution in [3.8, 4) is 0 Å². The van der Waals surface area contributed by atoms with Gasteiger partial charge in [-0.3, -0.25) is 10.1 Å². The van der Waals surface area contributed by atoms with Crippen molar-refractivity contribution >= 4 is 22.4 Å². The van der Waals surface area contributed by atoms with Gasteiger partial charge >= 0.3 is 0 Å². The zero-order valence-electron chi connectivity index (χ0n) is 10.7. The fourth-order valence-corrected chi connectivity index (χ4v) is 1.75. The van der Waals surface area contributed by atoms with Crippen molar-refractivity contribution in [2.75, 3.05) is 11.9 Å². The summed E-state index contributed by atoms with van der Waals surface area (Å²) >= 11 is 0. The lowest BCUT2D eigenvalue weighted by Crippen LogP contribution is -2.19. The normalized spacial score (nSPS) is 12.3. The van der Waals surface area contributed by atoms with Crippen molar-refractivity contribution in [2.24, 2.45) is 5.73 Å². The predicted octanol–water partition coefficient (Wildman–Crippen LogP) is 2.29. The van der Waals surface area contributed by atoms with E-state index in [9.17, 15) is 10.1 Å². The number of fused-ring (bicyclic) bond motifs is 1. The topological polar surface area (TPSA) is 94.1 Å². The highest BCUT2D eigenvalue weighted by Crippen LogP contribution is 2.20. The van der Waals surface area contributed by atoms with E-state index < -0.39 is 4.92 Å². The maximum atomic E-state index is 10.7. The van der Waals surface area contributed by atoms with Crippen LogP contribution in [0.5, 0.6) is 0 Å². The molecule has 6 nitrogen and oxygen atoms in total. The molecule has 0 aliphatic carbocycles. The zero-order valence-corrected chi connectivity index (χ0v) is 10.7. The van der Waals surface area contributed by atoms with Crippen LogP contribution in [0.25, 0.3) is 10.9 Å². The van der Waals surface area contributed by atoms with Gasteiger partial charge < -0.3 is 11.1 Å². The molecule has 1 unspecified atom stereocenters. The molecule has 0 saturated carbocycles. The van der Waals surface area contributed by atoms with Crippen LogP contribution < -0.4 is 11.1 Å². The Morgan fingerprint density at radius 3 is 2.89 bits per heavy atom. The third-order valence-corrected chi connectivity index (χ3v) is 2.79. The lowest BCUT2D eigenvalue weighted by molar-refractivity contribution is -0.384. The number of benzene rings is 1. The average molecular weight is 260 g/mol. The molecule has 1 atom stereocenters. The number of nitrogens with zero attached hydrogens (tertiary/aromatic N) is 2. The molecule has 0 saturated heterocycles. The first-order valence-corrected chi connectivity index (χ1v) is 6.11. The molecule has 2 aromatic rings. The minimum Gasteiger partial charge on any atom is -0.370 e. The first-order chi connectivity index (χ1) is 9.06. The van der Waals surface area contributed by atoms with Crippen molar-refractivity contribution in [3.05, 3.63) is 40.4 Å². The van der Waals surface area contributed by atoms with E-state index >= 15 is 0 Å². The number of anilines is 1. The van der Waals surface area contributed by atoms with Crippen molar-refractivity contribution in [1.82, 2.24) is 4.98 Å². The Labute approximate surface area is 110 Å². The number of nitrogens with one attached hydrogen (secondary N) is 1. The minimum atomic E-state index is -0.408. The molecule has 0 aliphatic rings. The lowest BCUT2D eigenvalue weighted by Gasteiger charge is -2.08. The molecule has 100 valence electrons. The number of nitrogens with two attached hydrogens (primary N) is 1. The molecule has 1 aromatic carbocycles. The molecule has 2 rings (SSSR count). The van der Waals surface area contributed by atoms with E-state index in [1.165, 1.54) is 12.1 Å². The highest BCUT2D eigenvalue weighted by molar-refractivity contribution is 5.82. The van der Waals surface area contributed by atoms with Gasteiger partial charge in [0, 0.05) is 30.1 Å². The van der Waals surface area contributed by atoms with Gasteiger partial charge in [0.2, 0.25) is 0 Å². The summed E-state index contributed by atoms with van der Waals surface area (Å²) in [5.74, 6) is 0.752. The van der Waals surface area contributed by atoms with E-state index in [2.05, 4.69) is 10.3 Å². The monoisotopic (exact) mass is 260 g/mol. The van der Waals surface area contributed by atoms with Crippen LogP contribution in [0.3, 0.4) is 0 Å². The maximum absolute atomic E-state index is 10.7. The predicted molar refractivity (Wildman–Crippen MR) is 75.2 cm³/mol. The SMILES string of the molecule is CC(N)CCNc1ccc2cc([N+](=O)[O-])ccc2n1. The zero-order chi connectivity index (χ0) is 13.8. The summed E-state index contributed by atoms with van der Waals surface area (Å²) in [6, 6.07) is 8.42. The second kappa shape index (κ2) is 5.62. The average Bonchev–Trinajstić information content (AvgIpc) is 2.37. The number of hydrogen-bond acceptors (Lipinski definition) is 5. The van der Waals surface area contributed by atoms with Gasteiger partial charge in [0.05, 0.1) is 10.4 Å². The summed E-state index contributed by atoms with van der Waals surface area (Å²) in [7, 11) is 0. The molecule has 3 N–H and O–H groups in total. The molecular weight excluding hydrogens is 244 g/mol. The van der Waals surface area contributed by atoms with Gasteiger partial charge in [0.1, 0.15) is 5.82 Å². The Morgan fingerprint density at radius 2 is 2.21 bits per heavy atom. The smallest absolute Gasteiger partial charge is 0.270 e. The fourth-order valence-electron chi connectivity index (χ4n) is 1.75. The van der Waals surface area contributed by atoms with Crippen molar-refractivity contribution in [1.29, 1.82) is 0 Å². The van der Waals surface area contributed by atoms with Crippen LogP contribution in [0.15, 0.2) is 30.3 Å². The number of hydrogen-bond donors (Lipinski definition) is 2. The molecule has 0 radical (unpaired) electrons. The molecular formula is C13H16N4O2. The summed E-state index contributed by atoms with van der Waals surface area (Å²) in [6.45, 7) is 2.71. The van der Waals surface area contributed by atoms with E-state index in [0.717, 1.165) is 29.7 Å². The Kier molecular flexibility index (Phi) is 3.91. The second-order valence-electron chi connectivity index (χ2n) is 4.52. The molecule has 1 aromatic heterocycles. The highest BCUT2D eigenvalue weighted by Gasteiger charge is 2.07. The summed E-state index contributed by atoms with van der Waals surface area (Å²) in [4.78, 5) is 14.7. The van der Waals surface area contributed by atoms with Crippen LogP contribution in [0.4, 0.5) is 11.5 Å². The second-order valence-corrected chi connectivity index (χ2v) is 4.52. The summed E-state index contributed by atoms with van der Waals surface area (Å²) in [5.41, 5.74) is 6.48. The molecule has 0 bridgehead atoms. The summed E-state index contributed by atoms with van der Waals surface area (Å²) in [5, 5.41) is 14.6. The lowest BCUT2D eigenvalue weighted by atomic mass is 10.2. The number of nitro benzene ring substituents is 1. The van der Waals surface area contributed by atoms with Crippen LogP contribution in [-0.4, -0.2) is 22.5 Å². The minimum absolute atomic E-state index is 0.0759. The largest absolute Gasteiger partial charge is 0.370 e. The number of pyridine rings is 1. The summed E-state index contributed by atoms with van der Waals surface area (Å²) < 4.78 is 0. The highest BCUT2D eigenvalue weighted by atomic mass is 16.6. The number of aromatic nitrogens is 1.